The normalized spacial score (nSPS) is 17.2. The fourth-order valence-corrected chi connectivity index (χ4v) is 2.83. The van der Waals surface area contributed by atoms with E-state index in [1.807, 2.05) is 12.1 Å². The first-order valence-corrected chi connectivity index (χ1v) is 6.60. The molecule has 4 nitrogen and oxygen atoms in total. The van der Waals surface area contributed by atoms with E-state index in [9.17, 15) is 4.79 Å². The van der Waals surface area contributed by atoms with Gasteiger partial charge in [0.2, 0.25) is 0 Å². The maximum Gasteiger partial charge on any atom is 0.168 e. The summed E-state index contributed by atoms with van der Waals surface area (Å²) in [6.45, 7) is 2.35. The second-order valence-electron chi connectivity index (χ2n) is 4.02. The number of carbonyl (C=O) groups is 1. The van der Waals surface area contributed by atoms with Crippen molar-refractivity contribution in [1.82, 2.24) is 4.90 Å². The SMILES string of the molecule is O=Cc1ccc(OCC2=CSC3=NCCN23)cc1. The first kappa shape index (κ1) is 11.3. The maximum absolute atomic E-state index is 10.5. The first-order chi connectivity index (χ1) is 8.86. The number of fused-ring (bicyclic) bond motifs is 1. The van der Waals surface area contributed by atoms with E-state index >= 15 is 0 Å². The van der Waals surface area contributed by atoms with Crippen molar-refractivity contribution < 1.29 is 9.53 Å². The number of thioether (sulfide) groups is 1. The van der Waals surface area contributed by atoms with Crippen LogP contribution in [0.2, 0.25) is 0 Å². The molecular formula is C13H12N2O2S. The van der Waals surface area contributed by atoms with Crippen LogP contribution < -0.4 is 4.74 Å². The maximum atomic E-state index is 10.5. The van der Waals surface area contributed by atoms with Gasteiger partial charge < -0.3 is 9.64 Å². The fourth-order valence-electron chi connectivity index (χ4n) is 1.89. The Labute approximate surface area is 109 Å². The third-order valence-electron chi connectivity index (χ3n) is 2.85. The van der Waals surface area contributed by atoms with Crippen LogP contribution in [-0.2, 0) is 0 Å². The van der Waals surface area contributed by atoms with Gasteiger partial charge >= 0.3 is 0 Å². The number of aliphatic imine (C=N–C) groups is 1. The monoisotopic (exact) mass is 260 g/mol. The lowest BCUT2D eigenvalue weighted by Gasteiger charge is -2.16. The van der Waals surface area contributed by atoms with Crippen LogP contribution in [0.3, 0.4) is 0 Å². The number of nitrogens with zero attached hydrogens (tertiary/aromatic N) is 2. The molecule has 2 aliphatic heterocycles. The van der Waals surface area contributed by atoms with Gasteiger partial charge in [0.1, 0.15) is 18.6 Å². The van der Waals surface area contributed by atoms with Crippen LogP contribution in [0.15, 0.2) is 40.4 Å². The number of hydrogen-bond donors (Lipinski definition) is 0. The lowest BCUT2D eigenvalue weighted by Crippen LogP contribution is -2.24. The molecule has 2 heterocycles. The third-order valence-corrected chi connectivity index (χ3v) is 3.80. The highest BCUT2D eigenvalue weighted by molar-refractivity contribution is 8.16. The number of hydrogen-bond acceptors (Lipinski definition) is 5. The predicted octanol–water partition coefficient (Wildman–Crippen LogP) is 2.14. The van der Waals surface area contributed by atoms with E-state index in [2.05, 4.69) is 15.3 Å². The van der Waals surface area contributed by atoms with E-state index in [0.29, 0.717) is 12.2 Å². The van der Waals surface area contributed by atoms with E-state index < -0.39 is 0 Å². The molecule has 0 saturated heterocycles. The number of amidine groups is 1. The summed E-state index contributed by atoms with van der Waals surface area (Å²) < 4.78 is 5.70. The van der Waals surface area contributed by atoms with Gasteiger partial charge in [0.25, 0.3) is 0 Å². The highest BCUT2D eigenvalue weighted by Crippen LogP contribution is 2.29. The molecule has 1 aromatic carbocycles. The average Bonchev–Trinajstić information content (AvgIpc) is 3.00. The molecule has 0 unspecified atom stereocenters. The molecule has 92 valence electrons. The van der Waals surface area contributed by atoms with Crippen LogP contribution >= 0.6 is 11.8 Å². The molecule has 0 radical (unpaired) electrons. The molecule has 18 heavy (non-hydrogen) atoms. The summed E-state index contributed by atoms with van der Waals surface area (Å²) >= 11 is 1.65. The predicted molar refractivity (Wildman–Crippen MR) is 72.0 cm³/mol. The summed E-state index contributed by atoms with van der Waals surface area (Å²) in [5.74, 6) is 0.774. The fraction of sp³-hybridized carbons (Fsp3) is 0.231. The minimum absolute atomic E-state index is 0.534. The number of carbonyl (C=O) groups excluding carboxylic acids is 1. The highest BCUT2D eigenvalue weighted by Gasteiger charge is 2.26. The van der Waals surface area contributed by atoms with Crippen molar-refractivity contribution in [3.05, 3.63) is 40.9 Å². The van der Waals surface area contributed by atoms with Crippen LogP contribution in [0, 0.1) is 0 Å². The minimum Gasteiger partial charge on any atom is -0.487 e. The molecule has 0 atom stereocenters. The van der Waals surface area contributed by atoms with Gasteiger partial charge in [-0.3, -0.25) is 9.79 Å². The summed E-state index contributed by atoms with van der Waals surface area (Å²) in [5, 5.41) is 3.16. The quantitative estimate of drug-likeness (QED) is 0.778. The summed E-state index contributed by atoms with van der Waals surface area (Å²) in [7, 11) is 0. The molecule has 0 fully saturated rings. The molecule has 1 aromatic rings. The van der Waals surface area contributed by atoms with E-state index in [1.165, 1.54) is 0 Å². The summed E-state index contributed by atoms with van der Waals surface area (Å²) in [6, 6.07) is 7.13. The lowest BCUT2D eigenvalue weighted by atomic mass is 10.2. The van der Waals surface area contributed by atoms with Gasteiger partial charge in [-0.1, -0.05) is 11.8 Å². The second-order valence-corrected chi connectivity index (χ2v) is 4.86. The van der Waals surface area contributed by atoms with Crippen molar-refractivity contribution in [3.8, 4) is 5.75 Å². The van der Waals surface area contributed by atoms with E-state index in [0.717, 1.165) is 36.0 Å². The molecule has 0 aromatic heterocycles. The largest absolute Gasteiger partial charge is 0.487 e. The molecule has 0 N–H and O–H groups in total. The van der Waals surface area contributed by atoms with Crippen molar-refractivity contribution in [2.45, 2.75) is 0 Å². The van der Waals surface area contributed by atoms with Gasteiger partial charge in [-0.2, -0.15) is 0 Å². The Morgan fingerprint density at radius 1 is 1.39 bits per heavy atom. The molecule has 0 saturated carbocycles. The highest BCUT2D eigenvalue weighted by atomic mass is 32.2. The van der Waals surface area contributed by atoms with Crippen LogP contribution in [0.25, 0.3) is 0 Å². The minimum atomic E-state index is 0.534. The van der Waals surface area contributed by atoms with Gasteiger partial charge in [0, 0.05) is 17.5 Å². The summed E-state index contributed by atoms with van der Waals surface area (Å²) in [6.07, 6.45) is 0.826. The molecule has 2 aliphatic rings. The van der Waals surface area contributed by atoms with Crippen LogP contribution in [0.5, 0.6) is 5.75 Å². The Hall–Kier alpha value is -1.75. The van der Waals surface area contributed by atoms with Crippen molar-refractivity contribution in [3.63, 3.8) is 0 Å². The van der Waals surface area contributed by atoms with Crippen LogP contribution in [0.4, 0.5) is 0 Å². The zero-order valence-corrected chi connectivity index (χ0v) is 10.5. The van der Waals surface area contributed by atoms with Crippen molar-refractivity contribution in [1.29, 1.82) is 0 Å². The van der Waals surface area contributed by atoms with Gasteiger partial charge in [-0.25, -0.2) is 0 Å². The molecule has 5 heteroatoms. The number of rotatable bonds is 4. The average molecular weight is 260 g/mol. The topological polar surface area (TPSA) is 41.9 Å². The van der Waals surface area contributed by atoms with E-state index in [4.69, 9.17) is 4.74 Å². The van der Waals surface area contributed by atoms with Crippen LogP contribution in [-0.4, -0.2) is 36.1 Å². The molecule has 3 rings (SSSR count). The molecular weight excluding hydrogens is 248 g/mol. The first-order valence-electron chi connectivity index (χ1n) is 5.72. The standard InChI is InChI=1S/C13H12N2O2S/c16-7-10-1-3-12(4-2-10)17-8-11-9-18-13-14-5-6-15(11)13/h1-4,7,9H,5-6,8H2. The zero-order chi connectivity index (χ0) is 12.4. The zero-order valence-electron chi connectivity index (χ0n) is 9.70. The Bertz CT molecular complexity index is 522. The Morgan fingerprint density at radius 3 is 3.00 bits per heavy atom. The summed E-state index contributed by atoms with van der Waals surface area (Å²) in [5.41, 5.74) is 1.81. The van der Waals surface area contributed by atoms with E-state index in [-0.39, 0.29) is 0 Å². The van der Waals surface area contributed by atoms with Gasteiger partial charge in [-0.15, -0.1) is 0 Å². The second kappa shape index (κ2) is 4.86. The summed E-state index contributed by atoms with van der Waals surface area (Å²) in [4.78, 5) is 17.1. The van der Waals surface area contributed by atoms with Gasteiger partial charge in [-0.05, 0) is 24.3 Å². The molecule has 0 aliphatic carbocycles. The Morgan fingerprint density at radius 2 is 2.22 bits per heavy atom. The molecule has 0 bridgehead atoms. The number of benzene rings is 1. The van der Waals surface area contributed by atoms with Crippen molar-refractivity contribution in [2.75, 3.05) is 19.7 Å². The third kappa shape index (κ3) is 2.13. The van der Waals surface area contributed by atoms with E-state index in [1.54, 1.807) is 23.9 Å². The molecule has 0 amide bonds. The van der Waals surface area contributed by atoms with Crippen molar-refractivity contribution in [2.24, 2.45) is 4.99 Å². The number of ether oxygens (including phenoxy) is 1. The number of aldehydes is 1. The smallest absolute Gasteiger partial charge is 0.168 e. The van der Waals surface area contributed by atoms with Crippen LogP contribution in [0.1, 0.15) is 10.4 Å². The van der Waals surface area contributed by atoms with Crippen molar-refractivity contribution >= 4 is 23.2 Å². The molecule has 0 spiro atoms. The van der Waals surface area contributed by atoms with Gasteiger partial charge in [0.05, 0.1) is 12.2 Å². The Kier molecular flexibility index (Phi) is 3.06. The van der Waals surface area contributed by atoms with Gasteiger partial charge in [0.15, 0.2) is 5.17 Å². The lowest BCUT2D eigenvalue weighted by molar-refractivity contribution is 0.112. The Balaban J connectivity index is 1.61.